The monoisotopic (exact) mass is 307 g/mol. The van der Waals surface area contributed by atoms with E-state index >= 15 is 0 Å². The van der Waals surface area contributed by atoms with Crippen LogP contribution in [0.1, 0.15) is 38.7 Å². The molecule has 1 heterocycles. The number of carbonyl (C=O) groups excluding carboxylic acids is 1. The highest BCUT2D eigenvalue weighted by atomic mass is 19.1. The van der Waals surface area contributed by atoms with Crippen molar-refractivity contribution in [3.05, 3.63) is 35.6 Å². The first-order valence-electron chi connectivity index (χ1n) is 7.55. The second kappa shape index (κ2) is 6.07. The molecular weight excluding hydrogens is 285 g/mol. The van der Waals surface area contributed by atoms with Crippen molar-refractivity contribution in [2.75, 3.05) is 13.1 Å². The highest BCUT2D eigenvalue weighted by Gasteiger charge is 2.48. The molecule has 0 saturated carbocycles. The third-order valence-corrected chi connectivity index (χ3v) is 4.86. The van der Waals surface area contributed by atoms with E-state index in [9.17, 15) is 19.1 Å². The molecule has 1 aromatic rings. The molecule has 2 atom stereocenters. The zero-order chi connectivity index (χ0) is 16.5. The van der Waals surface area contributed by atoms with Gasteiger partial charge in [0.05, 0.1) is 11.3 Å². The molecule has 1 aliphatic heterocycles. The number of rotatable bonds is 4. The number of likely N-dealkylation sites (tertiary alicyclic amines) is 1. The molecule has 1 amide bonds. The maximum absolute atomic E-state index is 13.3. The summed E-state index contributed by atoms with van der Waals surface area (Å²) in [6, 6.07) is 5.99. The highest BCUT2D eigenvalue weighted by molar-refractivity contribution is 5.85. The summed E-state index contributed by atoms with van der Waals surface area (Å²) in [5.74, 6) is -1.90. The predicted octanol–water partition coefficient (Wildman–Crippen LogP) is 2.89. The number of hydrogen-bond acceptors (Lipinski definition) is 2. The molecule has 0 radical (unpaired) electrons. The van der Waals surface area contributed by atoms with Crippen LogP contribution in [0.5, 0.6) is 0 Å². The number of hydrogen-bond donors (Lipinski definition) is 1. The standard InChI is InChI=1S/C17H22FNO3/c1-11(2)17(16(21)22)7-8-19(10-17)15(20)12(3)13-5-4-6-14(18)9-13/h4-6,9,11-12H,7-8,10H2,1-3H3,(H,21,22). The Labute approximate surface area is 129 Å². The zero-order valence-electron chi connectivity index (χ0n) is 13.2. The lowest BCUT2D eigenvalue weighted by atomic mass is 9.76. The maximum Gasteiger partial charge on any atom is 0.311 e. The second-order valence-corrected chi connectivity index (χ2v) is 6.40. The van der Waals surface area contributed by atoms with Crippen LogP contribution in [0.15, 0.2) is 24.3 Å². The van der Waals surface area contributed by atoms with Crippen molar-refractivity contribution in [2.24, 2.45) is 11.3 Å². The summed E-state index contributed by atoms with van der Waals surface area (Å²) in [5.41, 5.74) is -0.264. The van der Waals surface area contributed by atoms with Gasteiger partial charge in [-0.05, 0) is 37.0 Å². The Morgan fingerprint density at radius 1 is 1.32 bits per heavy atom. The van der Waals surface area contributed by atoms with E-state index in [1.165, 1.54) is 12.1 Å². The van der Waals surface area contributed by atoms with Crippen LogP contribution >= 0.6 is 0 Å². The molecule has 0 aromatic heterocycles. The van der Waals surface area contributed by atoms with Crippen molar-refractivity contribution < 1.29 is 19.1 Å². The Morgan fingerprint density at radius 2 is 2.00 bits per heavy atom. The van der Waals surface area contributed by atoms with Crippen molar-refractivity contribution in [3.8, 4) is 0 Å². The second-order valence-electron chi connectivity index (χ2n) is 6.40. The van der Waals surface area contributed by atoms with Crippen LogP contribution in [0.2, 0.25) is 0 Å². The van der Waals surface area contributed by atoms with Crippen LogP contribution in [-0.2, 0) is 9.59 Å². The van der Waals surface area contributed by atoms with Gasteiger partial charge in [0.25, 0.3) is 0 Å². The molecule has 1 aromatic carbocycles. The van der Waals surface area contributed by atoms with Crippen LogP contribution in [0, 0.1) is 17.2 Å². The van der Waals surface area contributed by atoms with Crippen LogP contribution in [-0.4, -0.2) is 35.0 Å². The maximum atomic E-state index is 13.3. The number of halogens is 1. The number of benzene rings is 1. The van der Waals surface area contributed by atoms with Gasteiger partial charge in [-0.15, -0.1) is 0 Å². The molecule has 2 rings (SSSR count). The minimum atomic E-state index is -0.878. The van der Waals surface area contributed by atoms with E-state index in [0.717, 1.165) is 0 Å². The number of carboxylic acids is 1. The van der Waals surface area contributed by atoms with E-state index in [1.807, 2.05) is 13.8 Å². The van der Waals surface area contributed by atoms with Gasteiger partial charge < -0.3 is 10.0 Å². The quantitative estimate of drug-likeness (QED) is 0.930. The van der Waals surface area contributed by atoms with Crippen molar-refractivity contribution in [1.29, 1.82) is 0 Å². The topological polar surface area (TPSA) is 57.6 Å². The summed E-state index contributed by atoms with van der Waals surface area (Å²) in [6.07, 6.45) is 0.460. The Kier molecular flexibility index (Phi) is 4.54. The molecular formula is C17H22FNO3. The Hall–Kier alpha value is -1.91. The largest absolute Gasteiger partial charge is 0.481 e. The summed E-state index contributed by atoms with van der Waals surface area (Å²) >= 11 is 0. The van der Waals surface area contributed by atoms with Gasteiger partial charge in [0.15, 0.2) is 0 Å². The molecule has 0 aliphatic carbocycles. The summed E-state index contributed by atoms with van der Waals surface area (Å²) in [6.45, 7) is 6.13. The molecule has 22 heavy (non-hydrogen) atoms. The SMILES string of the molecule is CC(C(=O)N1CCC(C(=O)O)(C(C)C)C1)c1cccc(F)c1. The molecule has 4 nitrogen and oxygen atoms in total. The van der Waals surface area contributed by atoms with Gasteiger partial charge in [-0.25, -0.2) is 4.39 Å². The smallest absolute Gasteiger partial charge is 0.311 e. The normalized spacial score (nSPS) is 22.9. The lowest BCUT2D eigenvalue weighted by molar-refractivity contribution is -0.151. The first-order chi connectivity index (χ1) is 10.3. The first-order valence-corrected chi connectivity index (χ1v) is 7.55. The van der Waals surface area contributed by atoms with Gasteiger partial charge >= 0.3 is 5.97 Å². The van der Waals surface area contributed by atoms with Gasteiger partial charge in [0.1, 0.15) is 5.82 Å². The third-order valence-electron chi connectivity index (χ3n) is 4.86. The molecule has 1 N–H and O–H groups in total. The van der Waals surface area contributed by atoms with E-state index in [4.69, 9.17) is 0 Å². The molecule has 2 unspecified atom stereocenters. The molecule has 0 bridgehead atoms. The highest BCUT2D eigenvalue weighted by Crippen LogP contribution is 2.39. The van der Waals surface area contributed by atoms with E-state index in [2.05, 4.69) is 0 Å². The average molecular weight is 307 g/mol. The first kappa shape index (κ1) is 16.5. The van der Waals surface area contributed by atoms with Crippen molar-refractivity contribution in [1.82, 2.24) is 4.90 Å². The van der Waals surface area contributed by atoms with E-state index in [-0.39, 0.29) is 24.2 Å². The van der Waals surface area contributed by atoms with E-state index in [1.54, 1.807) is 24.0 Å². The number of carbonyl (C=O) groups is 2. The molecule has 1 aliphatic rings. The molecule has 5 heteroatoms. The fourth-order valence-corrected chi connectivity index (χ4v) is 3.11. The Balaban J connectivity index is 2.16. The lowest BCUT2D eigenvalue weighted by Gasteiger charge is -2.29. The number of aliphatic carboxylic acids is 1. The lowest BCUT2D eigenvalue weighted by Crippen LogP contribution is -2.41. The number of nitrogens with zero attached hydrogens (tertiary/aromatic N) is 1. The fraction of sp³-hybridized carbons (Fsp3) is 0.529. The van der Waals surface area contributed by atoms with E-state index in [0.29, 0.717) is 18.5 Å². The van der Waals surface area contributed by atoms with Gasteiger partial charge in [-0.1, -0.05) is 26.0 Å². The minimum absolute atomic E-state index is 0.0488. The van der Waals surface area contributed by atoms with Crippen LogP contribution in [0.4, 0.5) is 4.39 Å². The number of carboxylic acid groups (broad SMARTS) is 1. The van der Waals surface area contributed by atoms with Crippen LogP contribution in [0.25, 0.3) is 0 Å². The minimum Gasteiger partial charge on any atom is -0.481 e. The zero-order valence-corrected chi connectivity index (χ0v) is 13.2. The van der Waals surface area contributed by atoms with E-state index < -0.39 is 17.3 Å². The molecule has 1 saturated heterocycles. The number of amides is 1. The molecule has 0 spiro atoms. The summed E-state index contributed by atoms with van der Waals surface area (Å²) in [4.78, 5) is 25.8. The Bertz CT molecular complexity index is 587. The summed E-state index contributed by atoms with van der Waals surface area (Å²) < 4.78 is 13.3. The van der Waals surface area contributed by atoms with Gasteiger partial charge in [-0.2, -0.15) is 0 Å². The van der Waals surface area contributed by atoms with Gasteiger partial charge in [0.2, 0.25) is 5.91 Å². The van der Waals surface area contributed by atoms with Crippen molar-refractivity contribution >= 4 is 11.9 Å². The molecule has 1 fully saturated rings. The summed E-state index contributed by atoms with van der Waals surface area (Å²) in [5, 5.41) is 9.54. The van der Waals surface area contributed by atoms with Crippen LogP contribution < -0.4 is 0 Å². The Morgan fingerprint density at radius 3 is 2.50 bits per heavy atom. The van der Waals surface area contributed by atoms with Gasteiger partial charge in [0, 0.05) is 13.1 Å². The van der Waals surface area contributed by atoms with Crippen molar-refractivity contribution in [3.63, 3.8) is 0 Å². The van der Waals surface area contributed by atoms with Gasteiger partial charge in [-0.3, -0.25) is 9.59 Å². The average Bonchev–Trinajstić information content (AvgIpc) is 2.92. The third kappa shape index (κ3) is 2.85. The molecule has 120 valence electrons. The fourth-order valence-electron chi connectivity index (χ4n) is 3.11. The summed E-state index contributed by atoms with van der Waals surface area (Å²) in [7, 11) is 0. The predicted molar refractivity (Wildman–Crippen MR) is 80.9 cm³/mol. The van der Waals surface area contributed by atoms with Crippen molar-refractivity contribution in [2.45, 2.75) is 33.1 Å². The van der Waals surface area contributed by atoms with Crippen LogP contribution in [0.3, 0.4) is 0 Å².